The van der Waals surface area contributed by atoms with Gasteiger partial charge in [0.15, 0.2) is 0 Å². The van der Waals surface area contributed by atoms with Gasteiger partial charge in [-0.25, -0.2) is 0 Å². The highest BCUT2D eigenvalue weighted by molar-refractivity contribution is 5.09. The van der Waals surface area contributed by atoms with Crippen molar-refractivity contribution < 1.29 is 0 Å². The number of hydrogen-bond acceptors (Lipinski definition) is 1. The summed E-state index contributed by atoms with van der Waals surface area (Å²) in [6.07, 6.45) is 47.0. The van der Waals surface area contributed by atoms with Gasteiger partial charge in [-0.05, 0) is 124 Å². The molecule has 7 fully saturated rings. The summed E-state index contributed by atoms with van der Waals surface area (Å²) in [5.74, 6) is 8.25. The van der Waals surface area contributed by atoms with E-state index in [0.717, 1.165) is 65.5 Å². The lowest BCUT2D eigenvalue weighted by atomic mass is 9.47. The first kappa shape index (κ1) is 29.4. The predicted molar refractivity (Wildman–Crippen MR) is 175 cm³/mol. The van der Waals surface area contributed by atoms with Crippen molar-refractivity contribution in [3.8, 4) is 0 Å². The average molecular weight is 562 g/mol. The van der Waals surface area contributed by atoms with Crippen molar-refractivity contribution in [2.24, 2.45) is 47.3 Å². The first-order valence-electron chi connectivity index (χ1n) is 19.8. The smallest absolute Gasteiger partial charge is 0.0102 e. The summed E-state index contributed by atoms with van der Waals surface area (Å²) in [7, 11) is 0. The molecule has 0 heterocycles. The van der Waals surface area contributed by atoms with E-state index in [0.29, 0.717) is 0 Å². The van der Waals surface area contributed by atoms with Gasteiger partial charge in [0.25, 0.3) is 0 Å². The van der Waals surface area contributed by atoms with E-state index in [-0.39, 0.29) is 0 Å². The summed E-state index contributed by atoms with van der Waals surface area (Å²) >= 11 is 0. The molecule has 7 aliphatic rings. The maximum atomic E-state index is 3.18. The molecule has 7 saturated carbocycles. The minimum absolute atomic E-state index is 0.881. The predicted octanol–water partition coefficient (Wildman–Crippen LogP) is 11.5. The highest BCUT2D eigenvalue weighted by Gasteiger charge is 2.52. The van der Waals surface area contributed by atoms with Crippen molar-refractivity contribution in [1.82, 2.24) is 4.90 Å². The minimum Gasteiger partial charge on any atom is -0.294 e. The van der Waals surface area contributed by atoms with Crippen LogP contribution in [0.4, 0.5) is 0 Å². The first-order chi connectivity index (χ1) is 20.4. The average Bonchev–Trinajstić information content (AvgIpc) is 3.05. The van der Waals surface area contributed by atoms with Crippen LogP contribution in [0.5, 0.6) is 0 Å². The molecule has 232 valence electrons. The van der Waals surface area contributed by atoms with Gasteiger partial charge in [0.2, 0.25) is 0 Å². The molecular weight excluding hydrogens is 494 g/mol. The van der Waals surface area contributed by atoms with Gasteiger partial charge in [0, 0.05) is 18.1 Å². The number of hydrogen-bond donors (Lipinski definition) is 0. The van der Waals surface area contributed by atoms with Gasteiger partial charge in [-0.15, -0.1) is 0 Å². The van der Waals surface area contributed by atoms with Crippen LogP contribution in [0.3, 0.4) is 0 Å². The molecule has 0 spiro atoms. The molecule has 0 aromatic rings. The zero-order valence-electron chi connectivity index (χ0n) is 27.0. The van der Waals surface area contributed by atoms with Gasteiger partial charge in [0.1, 0.15) is 0 Å². The van der Waals surface area contributed by atoms with Crippen LogP contribution in [0.1, 0.15) is 173 Å². The molecule has 0 amide bonds. The van der Waals surface area contributed by atoms with Crippen molar-refractivity contribution >= 4 is 0 Å². The lowest BCUT2D eigenvalue weighted by Gasteiger charge is -2.57. The number of rotatable bonds is 6. The molecule has 0 aromatic heterocycles. The van der Waals surface area contributed by atoms with Crippen LogP contribution in [0.25, 0.3) is 0 Å². The Morgan fingerprint density at radius 1 is 0.341 bits per heavy atom. The Balaban J connectivity index is 1.03. The number of fused-ring (bicyclic) bond motifs is 2. The molecular formula is C40H67N. The zero-order chi connectivity index (χ0) is 27.4. The van der Waals surface area contributed by atoms with Gasteiger partial charge in [0.05, 0.1) is 0 Å². The lowest BCUT2D eigenvalue weighted by Crippen LogP contribution is -2.52. The largest absolute Gasteiger partial charge is 0.294 e. The van der Waals surface area contributed by atoms with E-state index in [1.165, 1.54) is 109 Å². The van der Waals surface area contributed by atoms with Crippen molar-refractivity contribution in [3.63, 3.8) is 0 Å². The summed E-state index contributed by atoms with van der Waals surface area (Å²) in [5.41, 5.74) is 0. The molecule has 0 aromatic carbocycles. The van der Waals surface area contributed by atoms with E-state index in [1.807, 2.05) is 0 Å². The molecule has 1 nitrogen and oxygen atoms in total. The maximum absolute atomic E-state index is 3.18. The SMILES string of the molecule is C(=CC1C2CCCCC2C(C2CCCCC2)C2CCCCC12)C1CCC(N(C2CCCCC2)C2CCCCC2)CC1. The molecule has 0 N–H and O–H groups in total. The molecule has 41 heavy (non-hydrogen) atoms. The van der Waals surface area contributed by atoms with E-state index >= 15 is 0 Å². The van der Waals surface area contributed by atoms with E-state index in [2.05, 4.69) is 17.1 Å². The van der Waals surface area contributed by atoms with Crippen molar-refractivity contribution in [1.29, 1.82) is 0 Å². The van der Waals surface area contributed by atoms with Crippen LogP contribution in [-0.4, -0.2) is 23.0 Å². The molecule has 0 saturated heterocycles. The van der Waals surface area contributed by atoms with Crippen LogP contribution in [0.2, 0.25) is 0 Å². The molecule has 0 bridgehead atoms. The maximum Gasteiger partial charge on any atom is 0.0102 e. The van der Waals surface area contributed by atoms with Gasteiger partial charge >= 0.3 is 0 Å². The third-order valence-corrected chi connectivity index (χ3v) is 14.7. The molecule has 0 radical (unpaired) electrons. The molecule has 1 heteroatoms. The Kier molecular flexibility index (Phi) is 10.2. The van der Waals surface area contributed by atoms with Crippen LogP contribution < -0.4 is 0 Å². The molecule has 4 atom stereocenters. The Labute approximate surface area is 255 Å². The summed E-state index contributed by atoms with van der Waals surface area (Å²) in [5, 5.41) is 0. The van der Waals surface area contributed by atoms with Crippen molar-refractivity contribution in [2.45, 2.75) is 191 Å². The van der Waals surface area contributed by atoms with Crippen molar-refractivity contribution in [3.05, 3.63) is 12.2 Å². The quantitative estimate of drug-likeness (QED) is 0.291. The van der Waals surface area contributed by atoms with Crippen LogP contribution in [0.15, 0.2) is 12.2 Å². The zero-order valence-corrected chi connectivity index (χ0v) is 27.0. The molecule has 7 aliphatic carbocycles. The second-order valence-electron chi connectivity index (χ2n) is 16.8. The second kappa shape index (κ2) is 14.2. The number of allylic oxidation sites excluding steroid dienone is 2. The molecule has 4 unspecified atom stereocenters. The van der Waals surface area contributed by atoms with Crippen molar-refractivity contribution in [2.75, 3.05) is 0 Å². The first-order valence-corrected chi connectivity index (χ1v) is 19.8. The normalized spacial score (nSPS) is 42.3. The summed E-state index contributed by atoms with van der Waals surface area (Å²) in [6.45, 7) is 0. The van der Waals surface area contributed by atoms with Crippen LogP contribution >= 0.6 is 0 Å². The monoisotopic (exact) mass is 562 g/mol. The summed E-state index contributed by atoms with van der Waals surface area (Å²) < 4.78 is 0. The third-order valence-electron chi connectivity index (χ3n) is 14.7. The van der Waals surface area contributed by atoms with Gasteiger partial charge in [-0.1, -0.05) is 108 Å². The Bertz CT molecular complexity index is 763. The van der Waals surface area contributed by atoms with Gasteiger partial charge < -0.3 is 0 Å². The lowest BCUT2D eigenvalue weighted by molar-refractivity contribution is -0.0745. The summed E-state index contributed by atoms with van der Waals surface area (Å²) in [6, 6.07) is 2.76. The van der Waals surface area contributed by atoms with E-state index in [4.69, 9.17) is 0 Å². The second-order valence-corrected chi connectivity index (χ2v) is 16.8. The number of nitrogens with zero attached hydrogens (tertiary/aromatic N) is 1. The van der Waals surface area contributed by atoms with Crippen LogP contribution in [-0.2, 0) is 0 Å². The van der Waals surface area contributed by atoms with Gasteiger partial charge in [-0.3, -0.25) is 4.90 Å². The van der Waals surface area contributed by atoms with E-state index in [1.54, 1.807) is 64.2 Å². The Hall–Kier alpha value is -0.300. The highest BCUT2D eigenvalue weighted by atomic mass is 15.2. The van der Waals surface area contributed by atoms with E-state index in [9.17, 15) is 0 Å². The Morgan fingerprint density at radius 2 is 0.756 bits per heavy atom. The fourth-order valence-corrected chi connectivity index (χ4v) is 13.0. The molecule has 7 rings (SSSR count). The fourth-order valence-electron chi connectivity index (χ4n) is 13.0. The highest BCUT2D eigenvalue weighted by Crippen LogP contribution is 2.59. The van der Waals surface area contributed by atoms with Crippen LogP contribution in [0, 0.1) is 47.3 Å². The van der Waals surface area contributed by atoms with Gasteiger partial charge in [-0.2, -0.15) is 0 Å². The standard InChI is InChI=1S/C40H67N/c1-4-14-31(15-5-1)40-38-22-12-10-20-35(38)37(36-21-11-13-23-39(36)40)29-26-30-24-27-34(28-25-30)41(32-16-6-2-7-17-32)33-18-8-3-9-19-33/h26,29-40H,1-25,27-28H2. The third kappa shape index (κ3) is 6.57. The topological polar surface area (TPSA) is 3.24 Å². The van der Waals surface area contributed by atoms with E-state index < -0.39 is 0 Å². The molecule has 0 aliphatic heterocycles. The fraction of sp³-hybridized carbons (Fsp3) is 0.950. The minimum atomic E-state index is 0.881. The summed E-state index contributed by atoms with van der Waals surface area (Å²) in [4.78, 5) is 3.18. The Morgan fingerprint density at radius 3 is 1.27 bits per heavy atom.